The first-order valence-electron chi connectivity index (χ1n) is 7.30. The van der Waals surface area contributed by atoms with Crippen molar-refractivity contribution < 1.29 is 4.79 Å². The highest BCUT2D eigenvalue weighted by atomic mass is 32.1. The average Bonchev–Trinajstić information content (AvgIpc) is 3.01. The zero-order chi connectivity index (χ0) is 15.4. The number of likely N-dealkylation sites (tertiary alicyclic amines) is 1. The first-order valence-corrected chi connectivity index (χ1v) is 8.18. The number of nitrogens with one attached hydrogen (secondary N) is 1. The van der Waals surface area contributed by atoms with Gasteiger partial charge in [0.1, 0.15) is 17.7 Å². The van der Waals surface area contributed by atoms with Crippen LogP contribution < -0.4 is 5.32 Å². The first kappa shape index (κ1) is 14.8. The minimum atomic E-state index is 0.170. The van der Waals surface area contributed by atoms with Crippen LogP contribution in [-0.2, 0) is 11.2 Å². The van der Waals surface area contributed by atoms with Gasteiger partial charge in [0.25, 0.3) is 0 Å². The molecule has 1 saturated heterocycles. The molecule has 2 aromatic heterocycles. The molecule has 1 aliphatic rings. The van der Waals surface area contributed by atoms with E-state index in [1.54, 1.807) is 18.8 Å². The molecule has 1 fully saturated rings. The molecular weight excluding hydrogens is 300 g/mol. The number of carbonyl (C=O) groups is 1. The third kappa shape index (κ3) is 3.76. The Bertz CT molecular complexity index is 624. The first-order chi connectivity index (χ1) is 10.7. The van der Waals surface area contributed by atoms with Crippen LogP contribution in [-0.4, -0.2) is 44.1 Å². The largest absolute Gasteiger partial charge is 0.343 e. The van der Waals surface area contributed by atoms with Crippen LogP contribution >= 0.6 is 11.3 Å². The lowest BCUT2D eigenvalue weighted by Gasteiger charge is -2.31. The van der Waals surface area contributed by atoms with Crippen molar-refractivity contribution in [3.05, 3.63) is 23.6 Å². The molecule has 0 unspecified atom stereocenters. The van der Waals surface area contributed by atoms with Crippen molar-refractivity contribution >= 4 is 28.2 Å². The molecule has 0 spiro atoms. The van der Waals surface area contributed by atoms with Crippen molar-refractivity contribution in [1.82, 2.24) is 25.1 Å². The molecule has 0 aliphatic carbocycles. The van der Waals surface area contributed by atoms with Gasteiger partial charge < -0.3 is 10.2 Å². The van der Waals surface area contributed by atoms with Crippen LogP contribution in [0.1, 0.15) is 25.5 Å². The number of rotatable bonds is 4. The standard InChI is InChI=1S/C14H18N6OS/c1-10(21)20-4-2-11(3-5-20)6-12-7-13(16-8-15-12)18-14-19-17-9-22-14/h7-9,11H,2-6H2,1H3,(H,15,16,18,19). The van der Waals surface area contributed by atoms with E-state index < -0.39 is 0 Å². The summed E-state index contributed by atoms with van der Waals surface area (Å²) in [4.78, 5) is 21.8. The predicted molar refractivity (Wildman–Crippen MR) is 83.9 cm³/mol. The number of carbonyl (C=O) groups excluding carboxylic acids is 1. The maximum atomic E-state index is 11.3. The molecule has 0 saturated carbocycles. The van der Waals surface area contributed by atoms with E-state index in [1.165, 1.54) is 11.3 Å². The van der Waals surface area contributed by atoms with Crippen molar-refractivity contribution in [3.8, 4) is 0 Å². The van der Waals surface area contributed by atoms with Gasteiger partial charge in [-0.2, -0.15) is 0 Å². The fourth-order valence-electron chi connectivity index (χ4n) is 2.66. The van der Waals surface area contributed by atoms with E-state index in [1.807, 2.05) is 11.0 Å². The van der Waals surface area contributed by atoms with Crippen LogP contribution in [0.3, 0.4) is 0 Å². The number of piperidine rings is 1. The molecule has 2 aromatic rings. The van der Waals surface area contributed by atoms with E-state index >= 15 is 0 Å². The van der Waals surface area contributed by atoms with Crippen molar-refractivity contribution in [3.63, 3.8) is 0 Å². The maximum Gasteiger partial charge on any atom is 0.219 e. The molecule has 1 amide bonds. The molecule has 1 N–H and O–H groups in total. The van der Waals surface area contributed by atoms with Gasteiger partial charge in [-0.15, -0.1) is 10.2 Å². The highest BCUT2D eigenvalue weighted by Crippen LogP contribution is 2.22. The summed E-state index contributed by atoms with van der Waals surface area (Å²) in [6.07, 6.45) is 4.55. The summed E-state index contributed by atoms with van der Waals surface area (Å²) in [5.41, 5.74) is 2.69. The Morgan fingerprint density at radius 2 is 2.23 bits per heavy atom. The molecule has 0 radical (unpaired) electrons. The van der Waals surface area contributed by atoms with Gasteiger partial charge in [-0.25, -0.2) is 9.97 Å². The molecule has 8 heteroatoms. The van der Waals surface area contributed by atoms with Crippen LogP contribution in [0.15, 0.2) is 17.9 Å². The lowest BCUT2D eigenvalue weighted by Crippen LogP contribution is -2.37. The molecule has 0 atom stereocenters. The van der Waals surface area contributed by atoms with Gasteiger partial charge in [0, 0.05) is 31.8 Å². The second-order valence-corrected chi connectivity index (χ2v) is 6.25. The van der Waals surface area contributed by atoms with Gasteiger partial charge >= 0.3 is 0 Å². The zero-order valence-corrected chi connectivity index (χ0v) is 13.2. The summed E-state index contributed by atoms with van der Waals surface area (Å²) in [5.74, 6) is 1.48. The summed E-state index contributed by atoms with van der Waals surface area (Å²) in [5, 5.41) is 11.6. The molecule has 3 rings (SSSR count). The van der Waals surface area contributed by atoms with Crippen molar-refractivity contribution in [2.45, 2.75) is 26.2 Å². The third-order valence-corrected chi connectivity index (χ3v) is 4.48. The van der Waals surface area contributed by atoms with E-state index in [0.717, 1.165) is 49.0 Å². The number of hydrogen-bond donors (Lipinski definition) is 1. The average molecular weight is 318 g/mol. The van der Waals surface area contributed by atoms with Crippen LogP contribution in [0.2, 0.25) is 0 Å². The molecule has 7 nitrogen and oxygen atoms in total. The number of nitrogens with zero attached hydrogens (tertiary/aromatic N) is 5. The van der Waals surface area contributed by atoms with Crippen LogP contribution in [0.5, 0.6) is 0 Å². The van der Waals surface area contributed by atoms with Gasteiger partial charge in [-0.1, -0.05) is 11.3 Å². The summed E-state index contributed by atoms with van der Waals surface area (Å²) in [7, 11) is 0. The second kappa shape index (κ2) is 6.78. The van der Waals surface area contributed by atoms with Gasteiger partial charge in [0.05, 0.1) is 0 Å². The van der Waals surface area contributed by atoms with E-state index in [9.17, 15) is 4.79 Å². The van der Waals surface area contributed by atoms with Gasteiger partial charge in [-0.05, 0) is 25.2 Å². The van der Waals surface area contributed by atoms with E-state index in [-0.39, 0.29) is 5.91 Å². The Morgan fingerprint density at radius 1 is 1.41 bits per heavy atom. The van der Waals surface area contributed by atoms with Gasteiger partial charge in [0.2, 0.25) is 11.0 Å². The van der Waals surface area contributed by atoms with Crippen molar-refractivity contribution in [2.24, 2.45) is 5.92 Å². The maximum absolute atomic E-state index is 11.3. The smallest absolute Gasteiger partial charge is 0.219 e. The minimum Gasteiger partial charge on any atom is -0.343 e. The molecular formula is C14H18N6OS. The third-order valence-electron chi connectivity index (χ3n) is 3.88. The monoisotopic (exact) mass is 318 g/mol. The topological polar surface area (TPSA) is 83.9 Å². The number of anilines is 2. The van der Waals surface area contributed by atoms with E-state index in [4.69, 9.17) is 0 Å². The Balaban J connectivity index is 1.58. The molecule has 116 valence electrons. The highest BCUT2D eigenvalue weighted by Gasteiger charge is 2.21. The number of amides is 1. The number of hydrogen-bond acceptors (Lipinski definition) is 7. The predicted octanol–water partition coefficient (Wildman–Crippen LogP) is 1.87. The summed E-state index contributed by atoms with van der Waals surface area (Å²) in [6, 6.07) is 1.96. The van der Waals surface area contributed by atoms with Crippen molar-refractivity contribution in [1.29, 1.82) is 0 Å². The fraction of sp³-hybridized carbons (Fsp3) is 0.500. The fourth-order valence-corrected chi connectivity index (χ4v) is 3.11. The summed E-state index contributed by atoms with van der Waals surface area (Å²) in [6.45, 7) is 3.33. The van der Waals surface area contributed by atoms with E-state index in [2.05, 4.69) is 25.5 Å². The Hall–Kier alpha value is -2.09. The Morgan fingerprint density at radius 3 is 2.91 bits per heavy atom. The molecule has 1 aliphatic heterocycles. The van der Waals surface area contributed by atoms with Gasteiger partial charge in [-0.3, -0.25) is 4.79 Å². The quantitative estimate of drug-likeness (QED) is 0.926. The number of aromatic nitrogens is 4. The van der Waals surface area contributed by atoms with Crippen LogP contribution in [0.25, 0.3) is 0 Å². The lowest BCUT2D eigenvalue weighted by molar-refractivity contribution is -0.130. The Kier molecular flexibility index (Phi) is 4.57. The molecule has 22 heavy (non-hydrogen) atoms. The van der Waals surface area contributed by atoms with Gasteiger partial charge in [0.15, 0.2) is 0 Å². The molecule has 3 heterocycles. The SMILES string of the molecule is CC(=O)N1CCC(Cc2cc(Nc3nncs3)ncn2)CC1. The zero-order valence-electron chi connectivity index (χ0n) is 12.4. The molecule has 0 aromatic carbocycles. The molecule has 0 bridgehead atoms. The highest BCUT2D eigenvalue weighted by molar-refractivity contribution is 7.13. The minimum absolute atomic E-state index is 0.170. The lowest BCUT2D eigenvalue weighted by atomic mass is 9.92. The summed E-state index contributed by atoms with van der Waals surface area (Å²) < 4.78 is 0. The summed E-state index contributed by atoms with van der Waals surface area (Å²) >= 11 is 1.43. The normalized spacial score (nSPS) is 15.8. The van der Waals surface area contributed by atoms with Crippen molar-refractivity contribution in [2.75, 3.05) is 18.4 Å². The van der Waals surface area contributed by atoms with E-state index in [0.29, 0.717) is 5.92 Å². The Labute approximate surface area is 132 Å². The second-order valence-electron chi connectivity index (χ2n) is 5.42. The van der Waals surface area contributed by atoms with Crippen LogP contribution in [0, 0.1) is 5.92 Å². The van der Waals surface area contributed by atoms with Crippen LogP contribution in [0.4, 0.5) is 10.9 Å².